The van der Waals surface area contributed by atoms with Crippen LogP contribution in [0.2, 0.25) is 5.02 Å². The van der Waals surface area contributed by atoms with Crippen molar-refractivity contribution in [3.8, 4) is 5.75 Å². The van der Waals surface area contributed by atoms with Gasteiger partial charge in [-0.3, -0.25) is 0 Å². The van der Waals surface area contributed by atoms with E-state index in [1.165, 1.54) is 12.1 Å². The zero-order chi connectivity index (χ0) is 22.1. The van der Waals surface area contributed by atoms with Crippen LogP contribution in [0.15, 0.2) is 60.9 Å². The summed E-state index contributed by atoms with van der Waals surface area (Å²) in [6, 6.07) is 14.2. The minimum Gasteiger partial charge on any atom is -0.490 e. The lowest BCUT2D eigenvalue weighted by Gasteiger charge is -2.34. The monoisotopic (exact) mass is 450 g/mol. The van der Waals surface area contributed by atoms with Gasteiger partial charge in [0.25, 0.3) is 0 Å². The van der Waals surface area contributed by atoms with E-state index in [1.54, 1.807) is 12.1 Å². The molecule has 164 valence electrons. The number of rotatable bonds is 5. The second kappa shape index (κ2) is 8.71. The summed E-state index contributed by atoms with van der Waals surface area (Å²) >= 11 is 6.42. The van der Waals surface area contributed by atoms with Crippen LogP contribution in [-0.2, 0) is 0 Å². The van der Waals surface area contributed by atoms with Gasteiger partial charge in [0.1, 0.15) is 23.5 Å². The maximum absolute atomic E-state index is 13.1. The third kappa shape index (κ3) is 4.23. The van der Waals surface area contributed by atoms with Crippen molar-refractivity contribution < 1.29 is 9.13 Å². The van der Waals surface area contributed by atoms with Gasteiger partial charge in [-0.2, -0.15) is 0 Å². The molecule has 0 aliphatic carbocycles. The van der Waals surface area contributed by atoms with E-state index in [2.05, 4.69) is 33.2 Å². The summed E-state index contributed by atoms with van der Waals surface area (Å²) in [7, 11) is 0. The Kier molecular flexibility index (Phi) is 5.62. The third-order valence-electron chi connectivity index (χ3n) is 5.96. The lowest BCUT2D eigenvalue weighted by molar-refractivity contribution is 0.170. The van der Waals surface area contributed by atoms with Crippen molar-refractivity contribution in [1.82, 2.24) is 9.97 Å². The SMILES string of the molecule is Cc1c(N2CCC(Oc3ccc(F)cc3)CC2)ccnc1Nc1cc(Cl)c2cc[nH]c2c1. The predicted octanol–water partition coefficient (Wildman–Crippen LogP) is 6.46. The van der Waals surface area contributed by atoms with Gasteiger partial charge in [0.2, 0.25) is 0 Å². The molecule has 1 saturated heterocycles. The average Bonchev–Trinajstić information content (AvgIpc) is 3.27. The number of ether oxygens (including phenoxy) is 1. The van der Waals surface area contributed by atoms with Crippen LogP contribution in [0.3, 0.4) is 0 Å². The Morgan fingerprint density at radius 3 is 2.69 bits per heavy atom. The number of nitrogens with one attached hydrogen (secondary N) is 2. The Morgan fingerprint density at radius 1 is 1.12 bits per heavy atom. The van der Waals surface area contributed by atoms with Gasteiger partial charge < -0.3 is 19.9 Å². The second-order valence-corrected chi connectivity index (χ2v) is 8.49. The van der Waals surface area contributed by atoms with Crippen molar-refractivity contribution in [3.63, 3.8) is 0 Å². The molecule has 5 nitrogen and oxygen atoms in total. The van der Waals surface area contributed by atoms with Crippen molar-refractivity contribution in [2.75, 3.05) is 23.3 Å². The Hall–Kier alpha value is -3.25. The van der Waals surface area contributed by atoms with E-state index >= 15 is 0 Å². The van der Waals surface area contributed by atoms with Crippen molar-refractivity contribution >= 4 is 39.7 Å². The highest BCUT2D eigenvalue weighted by molar-refractivity contribution is 6.35. The quantitative estimate of drug-likeness (QED) is 0.366. The summed E-state index contributed by atoms with van der Waals surface area (Å²) in [5, 5.41) is 5.12. The number of halogens is 2. The number of nitrogens with zero attached hydrogens (tertiary/aromatic N) is 2. The molecule has 32 heavy (non-hydrogen) atoms. The van der Waals surface area contributed by atoms with Gasteiger partial charge in [0, 0.05) is 66.2 Å². The van der Waals surface area contributed by atoms with Gasteiger partial charge in [-0.25, -0.2) is 9.37 Å². The molecule has 1 fully saturated rings. The zero-order valence-corrected chi connectivity index (χ0v) is 18.5. The Balaban J connectivity index is 1.28. The minimum absolute atomic E-state index is 0.131. The fourth-order valence-corrected chi connectivity index (χ4v) is 4.53. The van der Waals surface area contributed by atoms with Crippen molar-refractivity contribution in [1.29, 1.82) is 0 Å². The predicted molar refractivity (Wildman–Crippen MR) is 128 cm³/mol. The van der Waals surface area contributed by atoms with Gasteiger partial charge >= 0.3 is 0 Å². The van der Waals surface area contributed by atoms with Crippen LogP contribution >= 0.6 is 11.6 Å². The zero-order valence-electron chi connectivity index (χ0n) is 17.7. The number of hydrogen-bond donors (Lipinski definition) is 2. The van der Waals surface area contributed by atoms with E-state index in [9.17, 15) is 4.39 Å². The molecule has 7 heteroatoms. The first-order chi connectivity index (χ1) is 15.6. The summed E-state index contributed by atoms with van der Waals surface area (Å²) in [4.78, 5) is 10.1. The number of benzene rings is 2. The summed E-state index contributed by atoms with van der Waals surface area (Å²) < 4.78 is 19.1. The molecule has 5 rings (SSSR count). The van der Waals surface area contributed by atoms with E-state index in [0.717, 1.165) is 59.6 Å². The molecule has 0 saturated carbocycles. The van der Waals surface area contributed by atoms with E-state index < -0.39 is 0 Å². The molecule has 0 atom stereocenters. The lowest BCUT2D eigenvalue weighted by atomic mass is 10.1. The number of anilines is 3. The molecule has 0 bridgehead atoms. The number of piperidine rings is 1. The number of H-pyrrole nitrogens is 1. The van der Waals surface area contributed by atoms with Crippen LogP contribution < -0.4 is 15.0 Å². The molecule has 4 aromatic rings. The lowest BCUT2D eigenvalue weighted by Crippen LogP contribution is -2.38. The Labute approximate surface area is 191 Å². The van der Waals surface area contributed by atoms with Crippen LogP contribution in [0.4, 0.5) is 21.6 Å². The maximum Gasteiger partial charge on any atom is 0.135 e. The molecule has 1 aliphatic heterocycles. The first-order valence-electron chi connectivity index (χ1n) is 10.7. The first-order valence-corrected chi connectivity index (χ1v) is 11.1. The molecular weight excluding hydrogens is 427 g/mol. The van der Waals surface area contributed by atoms with Crippen molar-refractivity contribution in [2.24, 2.45) is 0 Å². The molecular formula is C25H24ClFN4O. The maximum atomic E-state index is 13.1. The minimum atomic E-state index is -0.250. The van der Waals surface area contributed by atoms with E-state index in [-0.39, 0.29) is 11.9 Å². The summed E-state index contributed by atoms with van der Waals surface area (Å²) in [5.74, 6) is 1.28. The largest absolute Gasteiger partial charge is 0.490 e. The number of pyridine rings is 1. The number of hydrogen-bond acceptors (Lipinski definition) is 4. The molecule has 1 aliphatic rings. The number of aromatic nitrogens is 2. The number of fused-ring (bicyclic) bond motifs is 1. The van der Waals surface area contributed by atoms with Gasteiger partial charge in [-0.15, -0.1) is 0 Å². The Bertz CT molecular complexity index is 1230. The molecule has 2 N–H and O–H groups in total. The summed E-state index contributed by atoms with van der Waals surface area (Å²) in [6.45, 7) is 3.85. The molecule has 0 unspecified atom stereocenters. The summed E-state index contributed by atoms with van der Waals surface area (Å²) in [5.41, 5.74) is 4.13. The van der Waals surface area contributed by atoms with Crippen LogP contribution in [0.1, 0.15) is 18.4 Å². The molecule has 2 aromatic heterocycles. The van der Waals surface area contributed by atoms with Gasteiger partial charge in [0.15, 0.2) is 0 Å². The molecule has 3 heterocycles. The topological polar surface area (TPSA) is 53.2 Å². The first kappa shape index (κ1) is 20.6. The van der Waals surface area contributed by atoms with E-state index in [4.69, 9.17) is 16.3 Å². The van der Waals surface area contributed by atoms with Gasteiger partial charge in [-0.05, 0) is 55.5 Å². The normalized spacial score (nSPS) is 14.7. The third-order valence-corrected chi connectivity index (χ3v) is 6.27. The van der Waals surface area contributed by atoms with E-state index in [1.807, 2.05) is 30.6 Å². The highest BCUT2D eigenvalue weighted by Crippen LogP contribution is 2.32. The standard InChI is InChI=1S/C25H24ClFN4O/c1-16-24(31-12-8-20(9-13-31)32-19-4-2-17(27)3-5-19)7-11-29-25(16)30-18-14-22(26)21-6-10-28-23(21)15-18/h2-7,10-11,14-15,20,28H,8-9,12-13H2,1H3,(H,29,30). The molecule has 0 radical (unpaired) electrons. The Morgan fingerprint density at radius 2 is 1.91 bits per heavy atom. The van der Waals surface area contributed by atoms with Crippen molar-refractivity contribution in [2.45, 2.75) is 25.9 Å². The highest BCUT2D eigenvalue weighted by atomic mass is 35.5. The smallest absolute Gasteiger partial charge is 0.135 e. The highest BCUT2D eigenvalue weighted by Gasteiger charge is 2.22. The van der Waals surface area contributed by atoms with Crippen molar-refractivity contribution in [3.05, 3.63) is 77.3 Å². The van der Waals surface area contributed by atoms with Gasteiger partial charge in [0.05, 0.1) is 5.02 Å². The van der Waals surface area contributed by atoms with E-state index in [0.29, 0.717) is 10.8 Å². The molecule has 2 aromatic carbocycles. The fourth-order valence-electron chi connectivity index (χ4n) is 4.24. The van der Waals surface area contributed by atoms with Crippen LogP contribution in [0.5, 0.6) is 5.75 Å². The van der Waals surface area contributed by atoms with Gasteiger partial charge in [-0.1, -0.05) is 11.6 Å². The second-order valence-electron chi connectivity index (χ2n) is 8.08. The molecule has 0 spiro atoms. The average molecular weight is 451 g/mol. The van der Waals surface area contributed by atoms with Crippen LogP contribution in [-0.4, -0.2) is 29.2 Å². The number of aromatic amines is 1. The summed E-state index contributed by atoms with van der Waals surface area (Å²) in [6.07, 6.45) is 5.65. The molecule has 0 amide bonds. The fraction of sp³-hybridized carbons (Fsp3) is 0.240. The van der Waals surface area contributed by atoms with Crippen LogP contribution in [0, 0.1) is 12.7 Å². The van der Waals surface area contributed by atoms with Crippen LogP contribution in [0.25, 0.3) is 10.9 Å².